The lowest BCUT2D eigenvalue weighted by Gasteiger charge is -2.24. The number of carbonyl (C=O) groups is 5. The molecule has 0 bridgehead atoms. The quantitative estimate of drug-likeness (QED) is 0.0449. The summed E-state index contributed by atoms with van der Waals surface area (Å²) in [4.78, 5) is 67.5. The van der Waals surface area contributed by atoms with E-state index in [1.807, 2.05) is 0 Å². The van der Waals surface area contributed by atoms with E-state index in [0.717, 1.165) is 25.7 Å². The fourth-order valence-corrected chi connectivity index (χ4v) is 5.54. The van der Waals surface area contributed by atoms with Crippen molar-refractivity contribution >= 4 is 36.0 Å². The number of amides is 4. The summed E-state index contributed by atoms with van der Waals surface area (Å²) in [5, 5.41) is 36.0. The monoisotopic (exact) mass is 675 g/mol. The standard InChI is InChI=1S/C33H49N5O10/c1-2-3-4-5-6-13-23(20-29(41)34-25-15-10-12-19-38(46)32(25)43)48-33(44)26(16-9-11-18-37(45)22-39)35-30(42)27-21-47-31(36-27)24-14-7-8-17-28(24)40/h7-8,14,17,22-23,25-27,40,45-46H,2-6,9-13,15-16,18-21H2,1H3,(H,34,41)(H,35,42)/t23-,25+,26+,27-/m1/s1. The molecule has 4 atom stereocenters. The minimum Gasteiger partial charge on any atom is -0.507 e. The summed E-state index contributed by atoms with van der Waals surface area (Å²) in [6, 6.07) is 3.38. The number of benzene rings is 1. The Hall–Kier alpha value is -4.24. The number of carbonyl (C=O) groups excluding carboxylic acids is 5. The normalized spacial score (nSPS) is 18.9. The van der Waals surface area contributed by atoms with Gasteiger partial charge in [-0.05, 0) is 63.5 Å². The molecule has 1 saturated heterocycles. The van der Waals surface area contributed by atoms with Gasteiger partial charge in [-0.25, -0.2) is 19.9 Å². The number of esters is 1. The highest BCUT2D eigenvalue weighted by atomic mass is 16.5. The summed E-state index contributed by atoms with van der Waals surface area (Å²) < 4.78 is 11.4. The van der Waals surface area contributed by atoms with E-state index < -0.39 is 47.9 Å². The van der Waals surface area contributed by atoms with Crippen molar-refractivity contribution in [2.24, 2.45) is 4.99 Å². The average molecular weight is 676 g/mol. The number of aliphatic imine (C=N–C) groups is 1. The van der Waals surface area contributed by atoms with E-state index in [1.54, 1.807) is 18.2 Å². The second kappa shape index (κ2) is 20.2. The Bertz CT molecular complexity index is 1260. The van der Waals surface area contributed by atoms with Gasteiger partial charge in [0.2, 0.25) is 24.1 Å². The average Bonchev–Trinajstić information content (AvgIpc) is 3.51. The summed E-state index contributed by atoms with van der Waals surface area (Å²) >= 11 is 0. The maximum atomic E-state index is 13.6. The first-order valence-corrected chi connectivity index (χ1v) is 16.8. The fourth-order valence-electron chi connectivity index (χ4n) is 5.54. The molecule has 0 spiro atoms. The Morgan fingerprint density at radius 1 is 1.12 bits per heavy atom. The number of para-hydroxylation sites is 1. The summed E-state index contributed by atoms with van der Waals surface area (Å²) in [5.74, 6) is -2.42. The predicted octanol–water partition coefficient (Wildman–Crippen LogP) is 2.59. The van der Waals surface area contributed by atoms with Gasteiger partial charge < -0.3 is 25.2 Å². The van der Waals surface area contributed by atoms with Crippen LogP contribution in [0.15, 0.2) is 29.3 Å². The Labute approximate surface area is 280 Å². The molecular formula is C33H49N5O10. The number of hydrogen-bond acceptors (Lipinski definition) is 11. The lowest BCUT2D eigenvalue weighted by molar-refractivity contribution is -0.167. The zero-order valence-electron chi connectivity index (χ0n) is 27.6. The van der Waals surface area contributed by atoms with Crippen molar-refractivity contribution in [3.8, 4) is 5.75 Å². The van der Waals surface area contributed by atoms with Gasteiger partial charge >= 0.3 is 5.97 Å². The topological polar surface area (TPSA) is 207 Å². The predicted molar refractivity (Wildman–Crippen MR) is 172 cm³/mol. The minimum absolute atomic E-state index is 0.0234. The molecule has 0 radical (unpaired) electrons. The third-order valence-electron chi connectivity index (χ3n) is 8.27. The van der Waals surface area contributed by atoms with Crippen molar-refractivity contribution in [1.29, 1.82) is 0 Å². The SMILES string of the molecule is CCCCCCC[C@H](CC(=O)N[C@H]1CCCCN(O)C1=O)OC(=O)[C@H](CCCCN(O)C=O)NC(=O)[C@H]1COC(c2ccccc2O)=N1. The second-order valence-electron chi connectivity index (χ2n) is 12.1. The largest absolute Gasteiger partial charge is 0.507 e. The minimum atomic E-state index is -1.14. The molecule has 2 aliphatic rings. The molecule has 0 saturated carbocycles. The molecule has 15 nitrogen and oxygen atoms in total. The van der Waals surface area contributed by atoms with Gasteiger partial charge in [0, 0.05) is 13.1 Å². The Morgan fingerprint density at radius 3 is 2.62 bits per heavy atom. The molecule has 5 N–H and O–H groups in total. The Balaban J connectivity index is 1.70. The number of rotatable bonds is 20. The summed E-state index contributed by atoms with van der Waals surface area (Å²) in [6.45, 7) is 2.20. The fraction of sp³-hybridized carbons (Fsp3) is 0.636. The molecular weight excluding hydrogens is 626 g/mol. The molecule has 3 rings (SSSR count). The highest BCUT2D eigenvalue weighted by Gasteiger charge is 2.33. The van der Waals surface area contributed by atoms with Crippen molar-refractivity contribution in [3.05, 3.63) is 29.8 Å². The molecule has 2 heterocycles. The summed E-state index contributed by atoms with van der Waals surface area (Å²) in [6.07, 6.45) is 6.67. The molecule has 48 heavy (non-hydrogen) atoms. The van der Waals surface area contributed by atoms with Crippen molar-refractivity contribution in [2.75, 3.05) is 19.7 Å². The molecule has 1 fully saturated rings. The summed E-state index contributed by atoms with van der Waals surface area (Å²) in [7, 11) is 0. The van der Waals surface area contributed by atoms with Crippen LogP contribution in [0.2, 0.25) is 0 Å². The van der Waals surface area contributed by atoms with Crippen LogP contribution in [0.5, 0.6) is 5.75 Å². The molecule has 0 unspecified atom stereocenters. The van der Waals surface area contributed by atoms with Crippen molar-refractivity contribution in [2.45, 2.75) is 115 Å². The third-order valence-corrected chi connectivity index (χ3v) is 8.27. The number of unbranched alkanes of at least 4 members (excludes halogenated alkanes) is 5. The van der Waals surface area contributed by atoms with E-state index in [9.17, 15) is 39.5 Å². The number of aromatic hydroxyl groups is 1. The number of ether oxygens (including phenoxy) is 2. The van der Waals surface area contributed by atoms with Crippen LogP contribution >= 0.6 is 0 Å². The first-order valence-electron chi connectivity index (χ1n) is 16.8. The molecule has 1 aromatic carbocycles. The van der Waals surface area contributed by atoms with Crippen LogP contribution in [0.25, 0.3) is 0 Å². The smallest absolute Gasteiger partial charge is 0.328 e. The number of hydrogen-bond donors (Lipinski definition) is 5. The van der Waals surface area contributed by atoms with Gasteiger partial charge in [0.05, 0.1) is 12.0 Å². The highest BCUT2D eigenvalue weighted by molar-refractivity contribution is 6.00. The second-order valence-corrected chi connectivity index (χ2v) is 12.1. The zero-order chi connectivity index (χ0) is 34.9. The molecule has 2 aliphatic heterocycles. The van der Waals surface area contributed by atoms with Gasteiger partial charge in [-0.15, -0.1) is 0 Å². The molecule has 0 aliphatic carbocycles. The maximum absolute atomic E-state index is 13.6. The molecule has 266 valence electrons. The van der Waals surface area contributed by atoms with Crippen LogP contribution in [-0.2, 0) is 33.4 Å². The lowest BCUT2D eigenvalue weighted by atomic mass is 10.0. The van der Waals surface area contributed by atoms with Gasteiger partial charge in [0.15, 0.2) is 6.04 Å². The lowest BCUT2D eigenvalue weighted by Crippen LogP contribution is -2.48. The van der Waals surface area contributed by atoms with Gasteiger partial charge in [-0.2, -0.15) is 0 Å². The van der Waals surface area contributed by atoms with Crippen LogP contribution in [0.1, 0.15) is 96.0 Å². The first kappa shape index (κ1) is 38.2. The summed E-state index contributed by atoms with van der Waals surface area (Å²) in [5.41, 5.74) is 0.324. The van der Waals surface area contributed by atoms with Crippen LogP contribution in [-0.4, -0.2) is 106 Å². The van der Waals surface area contributed by atoms with Crippen molar-refractivity contribution in [1.82, 2.24) is 20.8 Å². The van der Waals surface area contributed by atoms with E-state index in [4.69, 9.17) is 9.47 Å². The third kappa shape index (κ3) is 12.4. The van der Waals surface area contributed by atoms with Crippen LogP contribution in [0, 0.1) is 0 Å². The van der Waals surface area contributed by atoms with E-state index in [-0.39, 0.29) is 50.6 Å². The zero-order valence-corrected chi connectivity index (χ0v) is 27.6. The van der Waals surface area contributed by atoms with Gasteiger partial charge in [-0.3, -0.25) is 29.6 Å². The van der Waals surface area contributed by atoms with Gasteiger partial charge in [-0.1, -0.05) is 44.7 Å². The highest BCUT2D eigenvalue weighted by Crippen LogP contribution is 2.22. The van der Waals surface area contributed by atoms with Gasteiger partial charge in [0.1, 0.15) is 30.5 Å². The first-order chi connectivity index (χ1) is 23.1. The number of phenols is 1. The molecule has 1 aromatic rings. The molecule has 15 heteroatoms. The maximum Gasteiger partial charge on any atom is 0.328 e. The Kier molecular flexibility index (Phi) is 16.1. The van der Waals surface area contributed by atoms with Crippen molar-refractivity contribution in [3.63, 3.8) is 0 Å². The van der Waals surface area contributed by atoms with Crippen molar-refractivity contribution < 1.29 is 49.0 Å². The van der Waals surface area contributed by atoms with E-state index in [2.05, 4.69) is 22.5 Å². The molecule has 0 aromatic heterocycles. The molecule has 4 amide bonds. The van der Waals surface area contributed by atoms with Gasteiger partial charge in [0.25, 0.3) is 5.91 Å². The van der Waals surface area contributed by atoms with Crippen LogP contribution in [0.4, 0.5) is 0 Å². The van der Waals surface area contributed by atoms with E-state index >= 15 is 0 Å². The van der Waals surface area contributed by atoms with Crippen LogP contribution in [0.3, 0.4) is 0 Å². The number of phenolic OH excluding ortho intramolecular Hbond substituents is 1. The number of nitrogens with zero attached hydrogens (tertiary/aromatic N) is 3. The Morgan fingerprint density at radius 2 is 1.88 bits per heavy atom. The number of nitrogens with one attached hydrogen (secondary N) is 2. The van der Waals surface area contributed by atoms with E-state index in [0.29, 0.717) is 60.6 Å². The van der Waals surface area contributed by atoms with E-state index in [1.165, 1.54) is 6.07 Å². The van der Waals surface area contributed by atoms with Crippen LogP contribution < -0.4 is 10.6 Å². The number of hydroxylamine groups is 4.